The van der Waals surface area contributed by atoms with Gasteiger partial charge in [-0.1, -0.05) is 20.8 Å². The van der Waals surface area contributed by atoms with Gasteiger partial charge in [-0.15, -0.1) is 0 Å². The number of nitrogens with two attached hydrogens (primary N) is 1. The van der Waals surface area contributed by atoms with Gasteiger partial charge in [-0.05, 0) is 26.1 Å². The maximum atomic E-state index is 12.4. The largest absolute Gasteiger partial charge is 0.383 e. The molecule has 0 fully saturated rings. The molecule has 116 valence electrons. The van der Waals surface area contributed by atoms with Gasteiger partial charge < -0.3 is 10.6 Å². The van der Waals surface area contributed by atoms with Gasteiger partial charge in [-0.25, -0.2) is 8.42 Å². The van der Waals surface area contributed by atoms with E-state index >= 15 is 0 Å². The molecule has 7 nitrogen and oxygen atoms in total. The number of nitrogen functional groups attached to an aromatic ring is 1. The first-order valence-corrected chi connectivity index (χ1v) is 8.42. The zero-order valence-corrected chi connectivity index (χ0v) is 13.3. The second-order valence-corrected chi connectivity index (χ2v) is 6.43. The number of aromatic nitrogens is 2. The van der Waals surface area contributed by atoms with Gasteiger partial charge in [0.25, 0.3) is 0 Å². The van der Waals surface area contributed by atoms with Crippen LogP contribution in [0.1, 0.15) is 27.2 Å². The molecule has 1 rings (SSSR count). The first-order chi connectivity index (χ1) is 9.47. The van der Waals surface area contributed by atoms with Crippen molar-refractivity contribution in [3.8, 4) is 0 Å². The third-order valence-corrected chi connectivity index (χ3v) is 5.38. The van der Waals surface area contributed by atoms with Gasteiger partial charge >= 0.3 is 0 Å². The van der Waals surface area contributed by atoms with Crippen LogP contribution in [0.3, 0.4) is 0 Å². The Labute approximate surface area is 121 Å². The molecular weight excluding hydrogens is 278 g/mol. The van der Waals surface area contributed by atoms with Crippen LogP contribution in [0.5, 0.6) is 0 Å². The highest BCUT2D eigenvalue weighted by Crippen LogP contribution is 2.19. The van der Waals surface area contributed by atoms with Crippen LogP contribution in [-0.4, -0.2) is 60.5 Å². The standard InChI is InChI=1S/C12H25N5O2S/c1-4-16(5-2)8-7-9-17(6-3)20(18,19)11-10-14-15-12(11)13/h10H,4-9H2,1-3H3,(H3,13,14,15). The molecule has 0 atom stereocenters. The SMILES string of the molecule is CCN(CC)CCCN(CC)S(=O)(=O)c1cn[nH]c1N. The number of nitrogens with one attached hydrogen (secondary N) is 1. The van der Waals surface area contributed by atoms with Crippen molar-refractivity contribution in [2.75, 3.05) is 38.5 Å². The molecule has 3 N–H and O–H groups in total. The summed E-state index contributed by atoms with van der Waals surface area (Å²) in [4.78, 5) is 2.33. The topological polar surface area (TPSA) is 95.3 Å². The number of rotatable bonds is 9. The van der Waals surface area contributed by atoms with Gasteiger partial charge in [0.2, 0.25) is 10.0 Å². The maximum absolute atomic E-state index is 12.4. The predicted octanol–water partition coefficient (Wildman–Crippen LogP) is 0.734. The van der Waals surface area contributed by atoms with Crippen LogP contribution >= 0.6 is 0 Å². The van der Waals surface area contributed by atoms with E-state index in [-0.39, 0.29) is 10.7 Å². The molecule has 0 spiro atoms. The summed E-state index contributed by atoms with van der Waals surface area (Å²) in [6, 6.07) is 0. The molecule has 0 radical (unpaired) electrons. The fourth-order valence-corrected chi connectivity index (χ4v) is 3.59. The van der Waals surface area contributed by atoms with Crippen molar-refractivity contribution in [2.24, 2.45) is 0 Å². The van der Waals surface area contributed by atoms with Crippen LogP contribution < -0.4 is 5.73 Å². The van der Waals surface area contributed by atoms with Crippen LogP contribution in [0, 0.1) is 0 Å². The summed E-state index contributed by atoms with van der Waals surface area (Å²) in [5, 5.41) is 6.14. The number of hydrogen-bond donors (Lipinski definition) is 2. The predicted molar refractivity (Wildman–Crippen MR) is 79.8 cm³/mol. The van der Waals surface area contributed by atoms with Crippen LogP contribution in [0.4, 0.5) is 5.82 Å². The van der Waals surface area contributed by atoms with E-state index in [0.717, 1.165) is 26.1 Å². The molecular formula is C12H25N5O2S. The zero-order chi connectivity index (χ0) is 15.2. The van der Waals surface area contributed by atoms with Gasteiger partial charge in [-0.3, -0.25) is 5.10 Å². The molecule has 0 saturated carbocycles. The summed E-state index contributed by atoms with van der Waals surface area (Å²) in [7, 11) is -3.55. The third kappa shape index (κ3) is 3.94. The number of nitrogens with zero attached hydrogens (tertiary/aromatic N) is 3. The van der Waals surface area contributed by atoms with Gasteiger partial charge in [0.1, 0.15) is 10.7 Å². The molecule has 8 heteroatoms. The lowest BCUT2D eigenvalue weighted by molar-refractivity contribution is 0.285. The average Bonchev–Trinajstić information content (AvgIpc) is 2.86. The second kappa shape index (κ2) is 7.61. The highest BCUT2D eigenvalue weighted by molar-refractivity contribution is 7.89. The maximum Gasteiger partial charge on any atom is 0.248 e. The van der Waals surface area contributed by atoms with E-state index in [1.165, 1.54) is 10.5 Å². The summed E-state index contributed by atoms with van der Waals surface area (Å²) < 4.78 is 26.3. The fourth-order valence-electron chi connectivity index (χ4n) is 2.09. The Hall–Kier alpha value is -1.12. The molecule has 0 amide bonds. The van der Waals surface area contributed by atoms with Crippen molar-refractivity contribution >= 4 is 15.8 Å². The van der Waals surface area contributed by atoms with Gasteiger partial charge in [0.15, 0.2) is 0 Å². The van der Waals surface area contributed by atoms with E-state index in [9.17, 15) is 8.42 Å². The lowest BCUT2D eigenvalue weighted by Crippen LogP contribution is -2.34. The van der Waals surface area contributed by atoms with E-state index in [1.54, 1.807) is 0 Å². The Morgan fingerprint density at radius 2 is 1.85 bits per heavy atom. The molecule has 0 aromatic carbocycles. The van der Waals surface area contributed by atoms with Crippen molar-refractivity contribution in [2.45, 2.75) is 32.1 Å². The van der Waals surface area contributed by atoms with E-state index in [0.29, 0.717) is 13.1 Å². The molecule has 0 unspecified atom stereocenters. The summed E-state index contributed by atoms with van der Waals surface area (Å²) in [5.74, 6) is 0.0900. The first-order valence-electron chi connectivity index (χ1n) is 6.98. The van der Waals surface area contributed by atoms with Crippen molar-refractivity contribution in [3.05, 3.63) is 6.20 Å². The zero-order valence-electron chi connectivity index (χ0n) is 12.5. The van der Waals surface area contributed by atoms with Gasteiger partial charge in [-0.2, -0.15) is 9.40 Å². The Bertz CT molecular complexity index is 496. The third-order valence-electron chi connectivity index (χ3n) is 3.38. The lowest BCUT2D eigenvalue weighted by Gasteiger charge is -2.22. The van der Waals surface area contributed by atoms with Gasteiger partial charge in [0.05, 0.1) is 6.20 Å². The summed E-state index contributed by atoms with van der Waals surface area (Å²) >= 11 is 0. The molecule has 1 aromatic heterocycles. The molecule has 0 aliphatic rings. The van der Waals surface area contributed by atoms with E-state index in [2.05, 4.69) is 28.9 Å². The minimum absolute atomic E-state index is 0.0576. The fraction of sp³-hybridized carbons (Fsp3) is 0.750. The lowest BCUT2D eigenvalue weighted by atomic mass is 10.3. The molecule has 20 heavy (non-hydrogen) atoms. The number of sulfonamides is 1. The smallest absolute Gasteiger partial charge is 0.248 e. The van der Waals surface area contributed by atoms with E-state index in [1.807, 2.05) is 6.92 Å². The first kappa shape index (κ1) is 16.9. The average molecular weight is 303 g/mol. The minimum atomic E-state index is -3.55. The molecule has 0 bridgehead atoms. The van der Waals surface area contributed by atoms with Crippen LogP contribution in [-0.2, 0) is 10.0 Å². The quantitative estimate of drug-likeness (QED) is 0.701. The molecule has 0 aliphatic heterocycles. The number of hydrogen-bond acceptors (Lipinski definition) is 5. The highest BCUT2D eigenvalue weighted by Gasteiger charge is 2.26. The molecule has 0 saturated heterocycles. The van der Waals surface area contributed by atoms with Crippen LogP contribution in [0.25, 0.3) is 0 Å². The minimum Gasteiger partial charge on any atom is -0.383 e. The molecule has 1 heterocycles. The summed E-state index contributed by atoms with van der Waals surface area (Å²) in [5.41, 5.74) is 5.61. The normalized spacial score (nSPS) is 12.4. The van der Waals surface area contributed by atoms with Crippen molar-refractivity contribution in [1.29, 1.82) is 0 Å². The highest BCUT2D eigenvalue weighted by atomic mass is 32.2. The van der Waals surface area contributed by atoms with Crippen LogP contribution in [0.2, 0.25) is 0 Å². The van der Waals surface area contributed by atoms with Crippen molar-refractivity contribution in [3.63, 3.8) is 0 Å². The number of aromatic amines is 1. The summed E-state index contributed by atoms with van der Waals surface area (Å²) in [6.07, 6.45) is 2.06. The van der Waals surface area contributed by atoms with Crippen molar-refractivity contribution < 1.29 is 8.42 Å². The van der Waals surface area contributed by atoms with Gasteiger partial charge in [0, 0.05) is 13.1 Å². The second-order valence-electron chi connectivity index (χ2n) is 4.53. The molecule has 1 aromatic rings. The Morgan fingerprint density at radius 3 is 2.30 bits per heavy atom. The number of anilines is 1. The Kier molecular flexibility index (Phi) is 6.44. The Balaban J connectivity index is 2.69. The van der Waals surface area contributed by atoms with E-state index in [4.69, 9.17) is 5.73 Å². The van der Waals surface area contributed by atoms with Crippen molar-refractivity contribution in [1.82, 2.24) is 19.4 Å². The Morgan fingerprint density at radius 1 is 1.20 bits per heavy atom. The number of H-pyrrole nitrogens is 1. The van der Waals surface area contributed by atoms with E-state index < -0.39 is 10.0 Å². The monoisotopic (exact) mass is 303 g/mol. The molecule has 0 aliphatic carbocycles. The summed E-state index contributed by atoms with van der Waals surface area (Å²) in [6.45, 7) is 9.78. The van der Waals surface area contributed by atoms with Crippen LogP contribution in [0.15, 0.2) is 11.1 Å².